The quantitative estimate of drug-likeness (QED) is 0.205. The molecule has 0 radical (unpaired) electrons. The second kappa shape index (κ2) is 8.88. The summed E-state index contributed by atoms with van der Waals surface area (Å²) in [6, 6.07) is 46.4. The predicted molar refractivity (Wildman–Crippen MR) is 170 cm³/mol. The smallest absolute Gasteiger partial charge is 0.284 e. The van der Waals surface area contributed by atoms with Crippen molar-refractivity contribution in [2.45, 2.75) is 0 Å². The molecule has 1 aliphatic rings. The standard InChI is InChI=1S/C38H22N2O2/c1-2-12-25-23(10-1)11-9-17-26(25)36-29-15-5-3-13-27(29)35(28-14-4-6-16-30(28)36)24-20-21-33-34(22-24)42-38-37(41-33)39-31-18-7-8-19-32(31)40-38/h1-22H. The largest absolute Gasteiger partial charge is 0.431 e. The summed E-state index contributed by atoms with van der Waals surface area (Å²) in [5.74, 6) is 2.00. The summed E-state index contributed by atoms with van der Waals surface area (Å²) in [6.07, 6.45) is 0. The van der Waals surface area contributed by atoms with E-state index in [0.717, 1.165) is 22.2 Å². The molecule has 0 saturated heterocycles. The van der Waals surface area contributed by atoms with Crippen LogP contribution >= 0.6 is 0 Å². The molecule has 0 N–H and O–H groups in total. The fourth-order valence-electron chi connectivity index (χ4n) is 6.31. The van der Waals surface area contributed by atoms with Crippen molar-refractivity contribution in [3.05, 3.63) is 133 Å². The summed E-state index contributed by atoms with van der Waals surface area (Å²) in [5.41, 5.74) is 6.22. The molecule has 1 aromatic heterocycles. The molecule has 7 aromatic carbocycles. The van der Waals surface area contributed by atoms with Crippen molar-refractivity contribution in [1.29, 1.82) is 0 Å². The Kier molecular flexibility index (Phi) is 4.87. The average molecular weight is 539 g/mol. The van der Waals surface area contributed by atoms with E-state index in [1.54, 1.807) is 0 Å². The monoisotopic (exact) mass is 538 g/mol. The van der Waals surface area contributed by atoms with Crippen molar-refractivity contribution < 1.29 is 9.47 Å². The Morgan fingerprint density at radius 2 is 0.929 bits per heavy atom. The maximum atomic E-state index is 6.31. The van der Waals surface area contributed by atoms with Crippen LogP contribution < -0.4 is 9.47 Å². The Morgan fingerprint density at radius 3 is 1.60 bits per heavy atom. The van der Waals surface area contributed by atoms with E-state index in [-0.39, 0.29) is 0 Å². The van der Waals surface area contributed by atoms with E-state index in [1.807, 2.05) is 30.3 Å². The molecule has 8 aromatic rings. The van der Waals surface area contributed by atoms with Crippen molar-refractivity contribution in [2.24, 2.45) is 0 Å². The van der Waals surface area contributed by atoms with Crippen molar-refractivity contribution >= 4 is 43.4 Å². The molecule has 196 valence electrons. The molecule has 2 heterocycles. The number of hydrogen-bond donors (Lipinski definition) is 0. The normalized spacial score (nSPS) is 12.2. The van der Waals surface area contributed by atoms with E-state index in [9.17, 15) is 0 Å². The SMILES string of the molecule is c1ccc2c(-c3c4ccccc4c(-c4ccc5c(c4)Oc4nc6ccccc6nc4O5)c4ccccc34)cccc2c1. The molecule has 0 saturated carbocycles. The van der Waals surface area contributed by atoms with Gasteiger partial charge in [-0.25, -0.2) is 9.97 Å². The lowest BCUT2D eigenvalue weighted by molar-refractivity contribution is 0.339. The number of para-hydroxylation sites is 2. The highest BCUT2D eigenvalue weighted by Crippen LogP contribution is 2.49. The molecular formula is C38H22N2O2. The number of hydrogen-bond acceptors (Lipinski definition) is 4. The van der Waals surface area contributed by atoms with Crippen LogP contribution in [0.4, 0.5) is 0 Å². The van der Waals surface area contributed by atoms with Crippen LogP contribution in [0.25, 0.3) is 65.6 Å². The topological polar surface area (TPSA) is 44.2 Å². The Morgan fingerprint density at radius 1 is 0.405 bits per heavy atom. The number of fused-ring (bicyclic) bond motifs is 6. The number of rotatable bonds is 2. The van der Waals surface area contributed by atoms with Gasteiger partial charge in [-0.2, -0.15) is 0 Å². The van der Waals surface area contributed by atoms with Gasteiger partial charge >= 0.3 is 0 Å². The summed E-state index contributed by atoms with van der Waals surface area (Å²) in [6.45, 7) is 0. The highest BCUT2D eigenvalue weighted by Gasteiger charge is 2.24. The van der Waals surface area contributed by atoms with Gasteiger partial charge in [-0.05, 0) is 78.8 Å². The maximum Gasteiger partial charge on any atom is 0.284 e. The van der Waals surface area contributed by atoms with Crippen LogP contribution in [0.2, 0.25) is 0 Å². The molecule has 0 atom stereocenters. The van der Waals surface area contributed by atoms with E-state index in [4.69, 9.17) is 9.47 Å². The zero-order valence-electron chi connectivity index (χ0n) is 22.4. The molecule has 0 spiro atoms. The molecule has 0 unspecified atom stereocenters. The highest BCUT2D eigenvalue weighted by atomic mass is 16.6. The third kappa shape index (κ3) is 3.42. The number of aromatic nitrogens is 2. The second-order valence-corrected chi connectivity index (χ2v) is 10.6. The van der Waals surface area contributed by atoms with Crippen LogP contribution in [-0.4, -0.2) is 9.97 Å². The zero-order valence-corrected chi connectivity index (χ0v) is 22.4. The highest BCUT2D eigenvalue weighted by molar-refractivity contribution is 6.23. The van der Waals surface area contributed by atoms with Gasteiger partial charge in [0.15, 0.2) is 11.5 Å². The number of benzene rings is 7. The summed E-state index contributed by atoms with van der Waals surface area (Å²) >= 11 is 0. The van der Waals surface area contributed by atoms with Gasteiger partial charge in [0.1, 0.15) is 0 Å². The van der Waals surface area contributed by atoms with E-state index in [2.05, 4.69) is 113 Å². The molecule has 0 bridgehead atoms. The minimum Gasteiger partial charge on any atom is -0.431 e. The van der Waals surface area contributed by atoms with Gasteiger partial charge in [0.2, 0.25) is 0 Å². The lowest BCUT2D eigenvalue weighted by Gasteiger charge is -2.21. The Labute approximate surface area is 241 Å². The van der Waals surface area contributed by atoms with Crippen molar-refractivity contribution in [3.8, 4) is 45.5 Å². The molecule has 0 fully saturated rings. The molecule has 4 heteroatoms. The van der Waals surface area contributed by atoms with Crippen LogP contribution in [0, 0.1) is 0 Å². The first-order valence-corrected chi connectivity index (χ1v) is 14.0. The van der Waals surface area contributed by atoms with Gasteiger partial charge in [0.25, 0.3) is 11.8 Å². The molecule has 0 amide bonds. The van der Waals surface area contributed by atoms with Gasteiger partial charge in [-0.1, -0.05) is 109 Å². The Balaban J connectivity index is 1.28. The summed E-state index contributed by atoms with van der Waals surface area (Å²) in [5, 5.41) is 7.26. The second-order valence-electron chi connectivity index (χ2n) is 10.6. The maximum absolute atomic E-state index is 6.31. The van der Waals surface area contributed by atoms with Crippen LogP contribution in [0.3, 0.4) is 0 Å². The Hall–Kier alpha value is -5.74. The fourth-order valence-corrected chi connectivity index (χ4v) is 6.31. The van der Waals surface area contributed by atoms with Gasteiger partial charge in [0.05, 0.1) is 11.0 Å². The van der Waals surface area contributed by atoms with Gasteiger partial charge in [-0.3, -0.25) is 0 Å². The molecular weight excluding hydrogens is 516 g/mol. The number of ether oxygens (including phenoxy) is 2. The van der Waals surface area contributed by atoms with Crippen molar-refractivity contribution in [3.63, 3.8) is 0 Å². The summed E-state index contributed by atoms with van der Waals surface area (Å²) < 4.78 is 12.5. The van der Waals surface area contributed by atoms with Gasteiger partial charge < -0.3 is 9.47 Å². The third-order valence-corrected chi connectivity index (χ3v) is 8.14. The van der Waals surface area contributed by atoms with Crippen LogP contribution in [0.15, 0.2) is 133 Å². The van der Waals surface area contributed by atoms with Crippen molar-refractivity contribution in [2.75, 3.05) is 0 Å². The minimum absolute atomic E-state index is 0.374. The fraction of sp³-hybridized carbons (Fsp3) is 0. The van der Waals surface area contributed by atoms with Gasteiger partial charge in [0, 0.05) is 0 Å². The van der Waals surface area contributed by atoms with Crippen molar-refractivity contribution in [1.82, 2.24) is 9.97 Å². The molecule has 0 aliphatic carbocycles. The number of nitrogens with zero attached hydrogens (tertiary/aromatic N) is 2. The van der Waals surface area contributed by atoms with Crippen LogP contribution in [0.1, 0.15) is 0 Å². The molecule has 4 nitrogen and oxygen atoms in total. The van der Waals surface area contributed by atoms with Crippen LogP contribution in [-0.2, 0) is 0 Å². The first-order valence-electron chi connectivity index (χ1n) is 14.0. The van der Waals surface area contributed by atoms with E-state index in [1.165, 1.54) is 43.4 Å². The lowest BCUT2D eigenvalue weighted by Crippen LogP contribution is -2.03. The minimum atomic E-state index is 0.374. The Bertz CT molecular complexity index is 2320. The summed E-state index contributed by atoms with van der Waals surface area (Å²) in [7, 11) is 0. The van der Waals surface area contributed by atoms with Crippen LogP contribution in [0.5, 0.6) is 23.3 Å². The first kappa shape index (κ1) is 23.0. The van der Waals surface area contributed by atoms with Gasteiger partial charge in [-0.15, -0.1) is 0 Å². The molecule has 1 aliphatic heterocycles. The van der Waals surface area contributed by atoms with E-state index in [0.29, 0.717) is 23.3 Å². The van der Waals surface area contributed by atoms with E-state index < -0.39 is 0 Å². The zero-order chi connectivity index (χ0) is 27.6. The lowest BCUT2D eigenvalue weighted by atomic mass is 9.84. The van der Waals surface area contributed by atoms with E-state index >= 15 is 0 Å². The predicted octanol–water partition coefficient (Wildman–Crippen LogP) is 10.3. The molecule has 42 heavy (non-hydrogen) atoms. The summed E-state index contributed by atoms with van der Waals surface area (Å²) in [4.78, 5) is 9.30. The third-order valence-electron chi connectivity index (χ3n) is 8.14. The average Bonchev–Trinajstić information content (AvgIpc) is 3.05. The molecule has 9 rings (SSSR count). The first-order chi connectivity index (χ1) is 20.8.